The first-order valence-corrected chi connectivity index (χ1v) is 9.91. The second kappa shape index (κ2) is 11.1. The maximum atomic E-state index is 14.5. The largest absolute Gasteiger partial charge is 1.00 e. The van der Waals surface area contributed by atoms with Crippen LogP contribution in [0.25, 0.3) is 10.9 Å². The van der Waals surface area contributed by atoms with Gasteiger partial charge in [-0.15, -0.1) is 0 Å². The van der Waals surface area contributed by atoms with E-state index >= 15 is 0 Å². The summed E-state index contributed by atoms with van der Waals surface area (Å²) in [5.74, 6) is -1.02. The van der Waals surface area contributed by atoms with Crippen molar-refractivity contribution in [2.75, 3.05) is 11.9 Å². The Balaban J connectivity index is 0.00000261. The zero-order valence-corrected chi connectivity index (χ0v) is 21.4. The van der Waals surface area contributed by atoms with Crippen molar-refractivity contribution in [1.82, 2.24) is 4.57 Å². The first-order valence-electron chi connectivity index (χ1n) is 9.91. The molecule has 0 unspecified atom stereocenters. The number of halogens is 1. The van der Waals surface area contributed by atoms with Gasteiger partial charge in [-0.1, -0.05) is 45.4 Å². The van der Waals surface area contributed by atoms with Crippen LogP contribution in [-0.2, 0) is 0 Å². The van der Waals surface area contributed by atoms with Crippen LogP contribution in [0.15, 0.2) is 23.1 Å². The average Bonchev–Trinajstić information content (AvgIpc) is 3.16. The number of rotatable bonds is 8. The molecule has 0 atom stereocenters. The normalized spacial score (nSPS) is 14.4. The number of anilines is 1. The number of fused-ring (bicyclic) bond motifs is 1. The molecule has 1 fully saturated rings. The predicted molar refractivity (Wildman–Crippen MR) is 102 cm³/mol. The summed E-state index contributed by atoms with van der Waals surface area (Å²) in [6.07, 6.45) is 11.4. The van der Waals surface area contributed by atoms with Crippen molar-refractivity contribution in [3.8, 4) is 5.75 Å². The minimum Gasteiger partial charge on any atom is -0.869 e. The molecule has 0 bridgehead atoms. The van der Waals surface area contributed by atoms with E-state index in [0.29, 0.717) is 17.7 Å². The van der Waals surface area contributed by atoms with Gasteiger partial charge in [0.1, 0.15) is 5.82 Å². The fraction of sp³-hybridized carbons (Fsp3) is 0.571. The van der Waals surface area contributed by atoms with Gasteiger partial charge < -0.3 is 15.0 Å². The molecule has 1 aromatic heterocycles. The third-order valence-electron chi connectivity index (χ3n) is 5.40. The van der Waals surface area contributed by atoms with Crippen molar-refractivity contribution in [3.63, 3.8) is 0 Å². The fourth-order valence-electron chi connectivity index (χ4n) is 3.92. The van der Waals surface area contributed by atoms with Crippen molar-refractivity contribution in [2.24, 2.45) is 0 Å². The van der Waals surface area contributed by atoms with Gasteiger partial charge in [0.15, 0.2) is 5.43 Å². The monoisotopic (exact) mass is 444 g/mol. The molecule has 0 amide bonds. The SMILES string of the molecule is CCCCCCCNc1cc2c(cc1F)c(=O)c([O-])cn2C1CCCC1.[Rb+]. The molecule has 6 heteroatoms. The second-order valence-corrected chi connectivity index (χ2v) is 7.36. The molecule has 4 nitrogen and oxygen atoms in total. The number of nitrogens with zero attached hydrogens (tertiary/aromatic N) is 1. The van der Waals surface area contributed by atoms with E-state index in [2.05, 4.69) is 12.2 Å². The Kier molecular flexibility index (Phi) is 9.46. The van der Waals surface area contributed by atoms with Crippen molar-refractivity contribution >= 4 is 16.6 Å². The van der Waals surface area contributed by atoms with Crippen LogP contribution in [0, 0.1) is 5.82 Å². The van der Waals surface area contributed by atoms with Crippen molar-refractivity contribution in [2.45, 2.75) is 70.8 Å². The van der Waals surface area contributed by atoms with Gasteiger partial charge in [-0.25, -0.2) is 4.39 Å². The molecule has 142 valence electrons. The Bertz CT molecular complexity index is 816. The van der Waals surface area contributed by atoms with Gasteiger partial charge in [-0.2, -0.15) is 0 Å². The fourth-order valence-corrected chi connectivity index (χ4v) is 3.92. The number of unbranched alkanes of at least 4 members (excludes halogenated alkanes) is 4. The van der Waals surface area contributed by atoms with Gasteiger partial charge in [-0.3, -0.25) is 4.79 Å². The number of hydrogen-bond acceptors (Lipinski definition) is 3. The molecule has 1 aliphatic rings. The van der Waals surface area contributed by atoms with Crippen molar-refractivity contribution < 1.29 is 67.7 Å². The standard InChI is InChI=1S/C21H29FN2O2.Rb/c1-2-3-4-5-8-11-23-18-13-19-16(12-17(18)22)21(26)20(25)14-24(19)15-9-6-7-10-15;/h12-15,23,25H,2-11H2,1H3;/q;+1/p-1. The van der Waals surface area contributed by atoms with E-state index in [1.165, 1.54) is 31.5 Å². The number of aromatic nitrogens is 1. The Morgan fingerprint density at radius 3 is 2.59 bits per heavy atom. The molecule has 1 N–H and O–H groups in total. The molecular formula is C21H28FN2O2Rb. The first kappa shape index (κ1) is 23.0. The van der Waals surface area contributed by atoms with Crippen molar-refractivity contribution in [1.29, 1.82) is 0 Å². The van der Waals surface area contributed by atoms with Crippen LogP contribution in [0.4, 0.5) is 10.1 Å². The van der Waals surface area contributed by atoms with Crippen LogP contribution in [0.2, 0.25) is 0 Å². The molecule has 1 heterocycles. The van der Waals surface area contributed by atoms with Crippen LogP contribution < -0.4 is 74.0 Å². The van der Waals surface area contributed by atoms with Gasteiger partial charge in [0.2, 0.25) is 0 Å². The van der Waals surface area contributed by atoms with Crippen LogP contribution in [-0.4, -0.2) is 11.1 Å². The summed E-state index contributed by atoms with van der Waals surface area (Å²) in [6.45, 7) is 2.89. The average molecular weight is 445 g/mol. The zero-order chi connectivity index (χ0) is 18.5. The van der Waals surface area contributed by atoms with Crippen LogP contribution >= 0.6 is 0 Å². The van der Waals surface area contributed by atoms with E-state index in [-0.39, 0.29) is 69.6 Å². The van der Waals surface area contributed by atoms with Crippen LogP contribution in [0.5, 0.6) is 5.75 Å². The van der Waals surface area contributed by atoms with Gasteiger partial charge in [0.05, 0.1) is 11.2 Å². The summed E-state index contributed by atoms with van der Waals surface area (Å²) in [5.41, 5.74) is 0.466. The number of benzene rings is 1. The summed E-state index contributed by atoms with van der Waals surface area (Å²) in [7, 11) is 0. The van der Waals surface area contributed by atoms with E-state index < -0.39 is 17.0 Å². The Labute approximate surface area is 209 Å². The van der Waals surface area contributed by atoms with Gasteiger partial charge >= 0.3 is 58.2 Å². The molecule has 2 aromatic rings. The summed E-state index contributed by atoms with van der Waals surface area (Å²) < 4.78 is 16.4. The van der Waals surface area contributed by atoms with E-state index in [4.69, 9.17) is 0 Å². The summed E-state index contributed by atoms with van der Waals surface area (Å²) in [4.78, 5) is 12.2. The third-order valence-corrected chi connectivity index (χ3v) is 5.40. The maximum absolute atomic E-state index is 14.5. The quantitative estimate of drug-likeness (QED) is 0.631. The summed E-state index contributed by atoms with van der Waals surface area (Å²) in [6, 6.07) is 3.15. The molecule has 1 aromatic carbocycles. The van der Waals surface area contributed by atoms with E-state index in [9.17, 15) is 14.3 Å². The van der Waals surface area contributed by atoms with Crippen molar-refractivity contribution in [3.05, 3.63) is 34.4 Å². The topological polar surface area (TPSA) is 57.1 Å². The van der Waals surface area contributed by atoms with Crippen LogP contribution in [0.3, 0.4) is 0 Å². The maximum Gasteiger partial charge on any atom is 1.00 e. The molecule has 0 aliphatic heterocycles. The summed E-state index contributed by atoms with van der Waals surface area (Å²) >= 11 is 0. The molecular weight excluding hydrogens is 417 g/mol. The molecule has 0 spiro atoms. The Hall–Kier alpha value is -0.235. The molecule has 3 rings (SSSR count). The molecule has 1 aliphatic carbocycles. The Morgan fingerprint density at radius 2 is 1.89 bits per heavy atom. The van der Waals surface area contributed by atoms with E-state index in [1.54, 1.807) is 6.07 Å². The number of pyridine rings is 1. The smallest absolute Gasteiger partial charge is 0.869 e. The third kappa shape index (κ3) is 5.65. The Morgan fingerprint density at radius 1 is 1.19 bits per heavy atom. The van der Waals surface area contributed by atoms with Gasteiger partial charge in [0, 0.05) is 24.2 Å². The van der Waals surface area contributed by atoms with Gasteiger partial charge in [-0.05, 0) is 37.1 Å². The minimum absolute atomic E-state index is 0. The van der Waals surface area contributed by atoms with Gasteiger partial charge in [0.25, 0.3) is 0 Å². The number of nitrogens with one attached hydrogen (secondary N) is 1. The molecule has 27 heavy (non-hydrogen) atoms. The number of hydrogen-bond donors (Lipinski definition) is 1. The molecule has 0 radical (unpaired) electrons. The van der Waals surface area contributed by atoms with Crippen LogP contribution in [0.1, 0.15) is 70.8 Å². The molecule has 0 saturated heterocycles. The second-order valence-electron chi connectivity index (χ2n) is 7.36. The van der Waals surface area contributed by atoms with E-state index in [1.807, 2.05) is 4.57 Å². The molecule has 1 saturated carbocycles. The summed E-state index contributed by atoms with van der Waals surface area (Å²) in [5, 5.41) is 15.4. The minimum atomic E-state index is -0.612. The zero-order valence-electron chi connectivity index (χ0n) is 16.5. The first-order chi connectivity index (χ1) is 12.6. The predicted octanol–water partition coefficient (Wildman–Crippen LogP) is 1.72. The van der Waals surface area contributed by atoms with E-state index in [0.717, 1.165) is 38.5 Å².